The van der Waals surface area contributed by atoms with Gasteiger partial charge in [0, 0.05) is 35.8 Å². The fourth-order valence-electron chi connectivity index (χ4n) is 2.25. The molecule has 0 spiro atoms. The van der Waals surface area contributed by atoms with Crippen molar-refractivity contribution < 1.29 is 4.79 Å². The molecule has 3 rings (SSSR count). The van der Waals surface area contributed by atoms with Crippen LogP contribution in [-0.2, 0) is 4.79 Å². The van der Waals surface area contributed by atoms with Gasteiger partial charge in [-0.05, 0) is 12.1 Å². The molecule has 2 N–H and O–H groups in total. The molecule has 2 heterocycles. The molecule has 1 aromatic heterocycles. The van der Waals surface area contributed by atoms with Crippen molar-refractivity contribution in [1.29, 1.82) is 0 Å². The van der Waals surface area contributed by atoms with Crippen LogP contribution in [0.15, 0.2) is 42.7 Å². The number of amides is 1. The molecule has 1 amide bonds. The van der Waals surface area contributed by atoms with Crippen molar-refractivity contribution in [3.63, 3.8) is 0 Å². The van der Waals surface area contributed by atoms with Crippen LogP contribution in [0.25, 0.3) is 10.9 Å². The Morgan fingerprint density at radius 2 is 2.18 bits per heavy atom. The van der Waals surface area contributed by atoms with Gasteiger partial charge >= 0.3 is 0 Å². The van der Waals surface area contributed by atoms with E-state index >= 15 is 0 Å². The van der Waals surface area contributed by atoms with Crippen LogP contribution in [0.3, 0.4) is 0 Å². The third-order valence-corrected chi connectivity index (χ3v) is 3.05. The predicted molar refractivity (Wildman–Crippen MR) is 65.8 cm³/mol. The zero-order valence-electron chi connectivity index (χ0n) is 9.47. The van der Waals surface area contributed by atoms with Gasteiger partial charge in [-0.25, -0.2) is 5.01 Å². The quantitative estimate of drug-likeness (QED) is 0.783. The largest absolute Gasteiger partial charge is 0.361 e. The molecule has 4 nitrogen and oxygen atoms in total. The number of hydrogen-bond donors (Lipinski definition) is 2. The van der Waals surface area contributed by atoms with Crippen molar-refractivity contribution in [3.05, 3.63) is 48.3 Å². The van der Waals surface area contributed by atoms with Crippen LogP contribution in [0, 0.1) is 0 Å². The molecule has 0 fully saturated rings. The number of para-hydroxylation sites is 1. The van der Waals surface area contributed by atoms with Gasteiger partial charge in [-0.15, -0.1) is 0 Å². The van der Waals surface area contributed by atoms with E-state index in [1.807, 2.05) is 30.5 Å². The summed E-state index contributed by atoms with van der Waals surface area (Å²) in [6.45, 7) is 1.56. The Hall–Kier alpha value is -2.23. The first-order valence-electron chi connectivity index (χ1n) is 5.56. The van der Waals surface area contributed by atoms with Crippen molar-refractivity contribution in [3.8, 4) is 0 Å². The van der Waals surface area contributed by atoms with Crippen LogP contribution in [0.2, 0.25) is 0 Å². The zero-order valence-corrected chi connectivity index (χ0v) is 9.47. The number of benzene rings is 1. The summed E-state index contributed by atoms with van der Waals surface area (Å²) in [5.74, 6) is 0.00489. The summed E-state index contributed by atoms with van der Waals surface area (Å²) in [4.78, 5) is 14.7. The lowest BCUT2D eigenvalue weighted by Gasteiger charge is -2.22. The van der Waals surface area contributed by atoms with Gasteiger partial charge in [0.2, 0.25) is 5.91 Å². The molecule has 1 atom stereocenters. The molecule has 0 aliphatic carbocycles. The Bertz CT molecular complexity index is 599. The first kappa shape index (κ1) is 9.96. The molecule has 0 radical (unpaired) electrons. The Balaban J connectivity index is 2.09. The van der Waals surface area contributed by atoms with Crippen molar-refractivity contribution in [2.24, 2.45) is 0 Å². The van der Waals surface area contributed by atoms with Gasteiger partial charge in [-0.1, -0.05) is 18.2 Å². The maximum absolute atomic E-state index is 11.5. The fraction of sp³-hybridized carbons (Fsp3) is 0.154. The third-order valence-electron chi connectivity index (χ3n) is 3.05. The summed E-state index contributed by atoms with van der Waals surface area (Å²) < 4.78 is 0. The summed E-state index contributed by atoms with van der Waals surface area (Å²) in [7, 11) is 0. The Morgan fingerprint density at radius 1 is 1.35 bits per heavy atom. The van der Waals surface area contributed by atoms with E-state index in [0.717, 1.165) is 16.5 Å². The maximum atomic E-state index is 11.5. The Morgan fingerprint density at radius 3 is 3.00 bits per heavy atom. The van der Waals surface area contributed by atoms with Crippen molar-refractivity contribution in [1.82, 2.24) is 15.4 Å². The normalized spacial score (nSPS) is 18.6. The van der Waals surface area contributed by atoms with Crippen LogP contribution in [-0.4, -0.2) is 15.9 Å². The SMILES string of the molecule is CC(=O)N1NC=CC1c1c[nH]c2ccccc12. The summed E-state index contributed by atoms with van der Waals surface area (Å²) >= 11 is 0. The van der Waals surface area contributed by atoms with Crippen LogP contribution in [0.1, 0.15) is 18.5 Å². The van der Waals surface area contributed by atoms with E-state index in [0.29, 0.717) is 0 Å². The van der Waals surface area contributed by atoms with Crippen LogP contribution < -0.4 is 5.43 Å². The molecule has 1 unspecified atom stereocenters. The minimum Gasteiger partial charge on any atom is -0.361 e. The van der Waals surface area contributed by atoms with Crippen molar-refractivity contribution in [2.45, 2.75) is 13.0 Å². The zero-order chi connectivity index (χ0) is 11.8. The second kappa shape index (κ2) is 3.66. The fourth-order valence-corrected chi connectivity index (χ4v) is 2.25. The monoisotopic (exact) mass is 227 g/mol. The van der Waals surface area contributed by atoms with E-state index < -0.39 is 0 Å². The standard InChI is InChI=1S/C13H13N3O/c1-9(17)16-13(6-7-15-16)11-8-14-12-5-3-2-4-10(11)12/h2-8,13-15H,1H3. The van der Waals surface area contributed by atoms with Gasteiger partial charge in [0.05, 0.1) is 0 Å². The number of H-pyrrole nitrogens is 1. The minimum atomic E-state index is -0.0383. The molecule has 86 valence electrons. The highest BCUT2D eigenvalue weighted by Gasteiger charge is 2.25. The number of aromatic amines is 1. The number of rotatable bonds is 1. The molecule has 4 heteroatoms. The Kier molecular flexibility index (Phi) is 2.14. The van der Waals surface area contributed by atoms with E-state index in [9.17, 15) is 4.79 Å². The molecule has 1 aliphatic rings. The molecular formula is C13H13N3O. The van der Waals surface area contributed by atoms with E-state index in [4.69, 9.17) is 0 Å². The molecule has 0 saturated heterocycles. The number of hydrogen-bond acceptors (Lipinski definition) is 2. The number of nitrogens with one attached hydrogen (secondary N) is 2. The van der Waals surface area contributed by atoms with Crippen LogP contribution in [0.4, 0.5) is 0 Å². The van der Waals surface area contributed by atoms with E-state index in [1.165, 1.54) is 0 Å². The summed E-state index contributed by atoms with van der Waals surface area (Å²) in [5.41, 5.74) is 5.15. The van der Waals surface area contributed by atoms with Gasteiger partial charge in [0.1, 0.15) is 6.04 Å². The molecule has 1 aliphatic heterocycles. The van der Waals surface area contributed by atoms with Gasteiger partial charge in [0.15, 0.2) is 0 Å². The van der Waals surface area contributed by atoms with Crippen LogP contribution >= 0.6 is 0 Å². The average Bonchev–Trinajstić information content (AvgIpc) is 2.94. The number of carbonyl (C=O) groups is 1. The molecule has 17 heavy (non-hydrogen) atoms. The molecular weight excluding hydrogens is 214 g/mol. The van der Waals surface area contributed by atoms with E-state index in [1.54, 1.807) is 18.1 Å². The van der Waals surface area contributed by atoms with Gasteiger partial charge in [0.25, 0.3) is 0 Å². The maximum Gasteiger partial charge on any atom is 0.238 e. The summed E-state index contributed by atoms with van der Waals surface area (Å²) in [6.07, 6.45) is 5.74. The number of carbonyl (C=O) groups excluding carboxylic acids is 1. The lowest BCUT2D eigenvalue weighted by Crippen LogP contribution is -2.36. The number of aromatic nitrogens is 1. The first-order chi connectivity index (χ1) is 8.27. The highest BCUT2D eigenvalue weighted by Crippen LogP contribution is 2.30. The summed E-state index contributed by atoms with van der Waals surface area (Å²) in [5, 5.41) is 2.77. The molecule has 0 saturated carbocycles. The number of hydrazine groups is 1. The second-order valence-electron chi connectivity index (χ2n) is 4.11. The lowest BCUT2D eigenvalue weighted by atomic mass is 10.1. The van der Waals surface area contributed by atoms with E-state index in [-0.39, 0.29) is 11.9 Å². The average molecular weight is 227 g/mol. The predicted octanol–water partition coefficient (Wildman–Crippen LogP) is 2.09. The Labute approximate surface area is 98.9 Å². The number of nitrogens with zero attached hydrogens (tertiary/aromatic N) is 1. The van der Waals surface area contributed by atoms with Crippen LogP contribution in [0.5, 0.6) is 0 Å². The summed E-state index contributed by atoms with van der Waals surface area (Å²) in [6, 6.07) is 8.05. The second-order valence-corrected chi connectivity index (χ2v) is 4.11. The molecule has 0 bridgehead atoms. The third kappa shape index (κ3) is 1.49. The highest BCUT2D eigenvalue weighted by atomic mass is 16.2. The molecule has 1 aromatic carbocycles. The smallest absolute Gasteiger partial charge is 0.238 e. The van der Waals surface area contributed by atoms with Crippen molar-refractivity contribution >= 4 is 16.8 Å². The minimum absolute atomic E-state index is 0.00489. The highest BCUT2D eigenvalue weighted by molar-refractivity contribution is 5.85. The van der Waals surface area contributed by atoms with E-state index in [2.05, 4.69) is 16.5 Å². The van der Waals surface area contributed by atoms with Gasteiger partial charge in [-0.2, -0.15) is 0 Å². The topological polar surface area (TPSA) is 48.1 Å². The first-order valence-corrected chi connectivity index (χ1v) is 5.56. The van der Waals surface area contributed by atoms with Gasteiger partial charge in [-0.3, -0.25) is 4.79 Å². The lowest BCUT2D eigenvalue weighted by molar-refractivity contribution is -0.132. The number of fused-ring (bicyclic) bond motifs is 1. The van der Waals surface area contributed by atoms with Crippen molar-refractivity contribution in [2.75, 3.05) is 0 Å². The van der Waals surface area contributed by atoms with Gasteiger partial charge < -0.3 is 10.4 Å². The molecule has 2 aromatic rings.